The van der Waals surface area contributed by atoms with Crippen molar-refractivity contribution in [3.63, 3.8) is 0 Å². The fraction of sp³-hybridized carbons (Fsp3) is 0.545. The van der Waals surface area contributed by atoms with Gasteiger partial charge in [0.2, 0.25) is 5.82 Å². The fourth-order valence-electron chi connectivity index (χ4n) is 1.98. The maximum Gasteiger partial charge on any atom is 0.314 e. The number of pyridine rings is 1. The molecule has 1 saturated heterocycles. The van der Waals surface area contributed by atoms with Crippen LogP contribution in [0.5, 0.6) is 0 Å². The topological polar surface area (TPSA) is 77.3 Å². The summed E-state index contributed by atoms with van der Waals surface area (Å²) >= 11 is 0. The summed E-state index contributed by atoms with van der Waals surface area (Å²) in [5.41, 5.74) is 0.658. The van der Waals surface area contributed by atoms with Crippen LogP contribution in [0.25, 0.3) is 0 Å². The van der Waals surface area contributed by atoms with E-state index in [1.54, 1.807) is 19.2 Å². The van der Waals surface area contributed by atoms with Gasteiger partial charge in [0.1, 0.15) is 0 Å². The molecule has 1 aromatic rings. The van der Waals surface area contributed by atoms with Crippen molar-refractivity contribution in [1.82, 2.24) is 4.98 Å². The molecule has 2 rings (SSSR count). The number of nitrogens with zero attached hydrogens (tertiary/aromatic N) is 2. The molecule has 1 fully saturated rings. The molecule has 0 aliphatic carbocycles. The highest BCUT2D eigenvalue weighted by Crippen LogP contribution is 2.28. The largest absolute Gasteiger partial charge is 0.376 e. The number of anilines is 1. The first-order valence-electron chi connectivity index (χ1n) is 5.57. The normalized spacial score (nSPS) is 23.6. The van der Waals surface area contributed by atoms with Crippen LogP contribution in [0.1, 0.15) is 18.9 Å². The molecule has 1 aliphatic heterocycles. The van der Waals surface area contributed by atoms with Crippen molar-refractivity contribution >= 4 is 11.5 Å². The summed E-state index contributed by atoms with van der Waals surface area (Å²) in [6.07, 6.45) is 2.47. The first-order chi connectivity index (χ1) is 8.09. The van der Waals surface area contributed by atoms with E-state index < -0.39 is 4.92 Å². The molecular weight excluding hydrogens is 222 g/mol. The number of ether oxygens (including phenoxy) is 1. The number of hydrogen-bond acceptors (Lipinski definition) is 5. The molecule has 0 aromatic carbocycles. The summed E-state index contributed by atoms with van der Waals surface area (Å²) in [4.78, 5) is 14.6. The monoisotopic (exact) mass is 237 g/mol. The Hall–Kier alpha value is -1.69. The van der Waals surface area contributed by atoms with Crippen molar-refractivity contribution in [2.24, 2.45) is 0 Å². The standard InChI is InChI=1S/C11H15N3O3/c1-7-3-5-12-11(10(7)14(15)16)13-9-4-6-17-8(9)2/h3,5,8-9H,4,6H2,1-2H3,(H,12,13). The van der Waals surface area contributed by atoms with E-state index in [-0.39, 0.29) is 17.8 Å². The molecule has 2 heterocycles. The zero-order valence-corrected chi connectivity index (χ0v) is 9.84. The highest BCUT2D eigenvalue weighted by Gasteiger charge is 2.27. The molecule has 1 aromatic heterocycles. The molecule has 0 amide bonds. The quantitative estimate of drug-likeness (QED) is 0.641. The number of aromatic nitrogens is 1. The molecule has 92 valence electrons. The Morgan fingerprint density at radius 1 is 1.65 bits per heavy atom. The van der Waals surface area contributed by atoms with Gasteiger partial charge < -0.3 is 10.1 Å². The van der Waals surface area contributed by atoms with Crippen LogP contribution >= 0.6 is 0 Å². The molecule has 17 heavy (non-hydrogen) atoms. The molecule has 2 atom stereocenters. The van der Waals surface area contributed by atoms with Crippen LogP contribution in [0.2, 0.25) is 0 Å². The van der Waals surface area contributed by atoms with Crippen LogP contribution in [0.3, 0.4) is 0 Å². The number of nitro groups is 1. The van der Waals surface area contributed by atoms with Gasteiger partial charge in [0, 0.05) is 18.4 Å². The van der Waals surface area contributed by atoms with Crippen LogP contribution in [0.15, 0.2) is 12.3 Å². The highest BCUT2D eigenvalue weighted by atomic mass is 16.6. The average Bonchev–Trinajstić information content (AvgIpc) is 2.64. The predicted molar refractivity (Wildman–Crippen MR) is 63.1 cm³/mol. The zero-order valence-electron chi connectivity index (χ0n) is 9.84. The smallest absolute Gasteiger partial charge is 0.314 e. The molecular formula is C11H15N3O3. The zero-order chi connectivity index (χ0) is 12.4. The third-order valence-electron chi connectivity index (χ3n) is 3.01. The van der Waals surface area contributed by atoms with Crippen LogP contribution in [-0.4, -0.2) is 28.7 Å². The van der Waals surface area contributed by atoms with E-state index in [2.05, 4.69) is 10.3 Å². The minimum absolute atomic E-state index is 0.0478. The first kappa shape index (κ1) is 11.8. The third kappa shape index (κ3) is 2.36. The highest BCUT2D eigenvalue weighted by molar-refractivity contribution is 5.60. The number of hydrogen-bond donors (Lipinski definition) is 1. The Balaban J connectivity index is 2.26. The summed E-state index contributed by atoms with van der Waals surface area (Å²) in [5.74, 6) is 0.331. The Morgan fingerprint density at radius 3 is 3.00 bits per heavy atom. The Bertz CT molecular complexity index is 436. The summed E-state index contributed by atoms with van der Waals surface area (Å²) < 4.78 is 5.41. The number of nitrogens with one attached hydrogen (secondary N) is 1. The van der Waals surface area contributed by atoms with Gasteiger partial charge in [-0.25, -0.2) is 4.98 Å². The van der Waals surface area contributed by atoms with Crippen LogP contribution < -0.4 is 5.32 Å². The molecule has 0 radical (unpaired) electrons. The summed E-state index contributed by atoms with van der Waals surface area (Å²) in [6.45, 7) is 4.34. The van der Waals surface area contributed by atoms with Crippen molar-refractivity contribution in [3.05, 3.63) is 27.9 Å². The van der Waals surface area contributed by atoms with E-state index in [0.29, 0.717) is 18.0 Å². The molecule has 1 aliphatic rings. The third-order valence-corrected chi connectivity index (χ3v) is 3.01. The van der Waals surface area contributed by atoms with Gasteiger partial charge in [0.25, 0.3) is 0 Å². The van der Waals surface area contributed by atoms with E-state index >= 15 is 0 Å². The Morgan fingerprint density at radius 2 is 2.41 bits per heavy atom. The van der Waals surface area contributed by atoms with Gasteiger partial charge in [-0.05, 0) is 26.3 Å². The molecule has 0 bridgehead atoms. The lowest BCUT2D eigenvalue weighted by atomic mass is 10.1. The van der Waals surface area contributed by atoms with Crippen LogP contribution in [0.4, 0.5) is 11.5 Å². The summed E-state index contributed by atoms with van der Waals surface area (Å²) in [6, 6.07) is 1.72. The summed E-state index contributed by atoms with van der Waals surface area (Å²) in [7, 11) is 0. The molecule has 0 spiro atoms. The lowest BCUT2D eigenvalue weighted by Gasteiger charge is -2.16. The van der Waals surface area contributed by atoms with Gasteiger partial charge in [-0.15, -0.1) is 0 Å². The Kier molecular flexibility index (Phi) is 3.23. The maximum absolute atomic E-state index is 11.0. The molecule has 2 unspecified atom stereocenters. The van der Waals surface area contributed by atoms with Gasteiger partial charge in [0.15, 0.2) is 0 Å². The second kappa shape index (κ2) is 4.67. The van der Waals surface area contributed by atoms with Crippen molar-refractivity contribution in [2.45, 2.75) is 32.4 Å². The molecule has 6 heteroatoms. The second-order valence-electron chi connectivity index (χ2n) is 4.20. The van der Waals surface area contributed by atoms with Crippen molar-refractivity contribution in [3.8, 4) is 0 Å². The maximum atomic E-state index is 11.0. The van der Waals surface area contributed by atoms with E-state index in [1.165, 1.54) is 0 Å². The van der Waals surface area contributed by atoms with Crippen molar-refractivity contribution in [1.29, 1.82) is 0 Å². The van der Waals surface area contributed by atoms with Gasteiger partial charge in [-0.2, -0.15) is 0 Å². The second-order valence-corrected chi connectivity index (χ2v) is 4.20. The minimum Gasteiger partial charge on any atom is -0.376 e. The SMILES string of the molecule is Cc1ccnc(NC2CCOC2C)c1[N+](=O)[O-]. The van der Waals surface area contributed by atoms with E-state index in [4.69, 9.17) is 4.74 Å². The van der Waals surface area contributed by atoms with E-state index in [0.717, 1.165) is 6.42 Å². The predicted octanol–water partition coefficient (Wildman–Crippen LogP) is 1.89. The average molecular weight is 237 g/mol. The molecule has 0 saturated carbocycles. The summed E-state index contributed by atoms with van der Waals surface area (Å²) in [5, 5.41) is 14.1. The number of rotatable bonds is 3. The van der Waals surface area contributed by atoms with Crippen molar-refractivity contribution in [2.75, 3.05) is 11.9 Å². The fourth-order valence-corrected chi connectivity index (χ4v) is 1.98. The van der Waals surface area contributed by atoms with Crippen molar-refractivity contribution < 1.29 is 9.66 Å². The molecule has 1 N–H and O–H groups in total. The van der Waals surface area contributed by atoms with Gasteiger partial charge in [-0.3, -0.25) is 10.1 Å². The van der Waals surface area contributed by atoms with E-state index in [1.807, 2.05) is 6.92 Å². The van der Waals surface area contributed by atoms with Crippen LogP contribution in [-0.2, 0) is 4.74 Å². The lowest BCUT2D eigenvalue weighted by Crippen LogP contribution is -2.27. The number of aryl methyl sites for hydroxylation is 1. The van der Waals surface area contributed by atoms with Gasteiger partial charge in [0.05, 0.1) is 17.1 Å². The van der Waals surface area contributed by atoms with Gasteiger partial charge in [-0.1, -0.05) is 0 Å². The van der Waals surface area contributed by atoms with E-state index in [9.17, 15) is 10.1 Å². The Labute approximate surface area is 99.2 Å². The molecule has 6 nitrogen and oxygen atoms in total. The van der Waals surface area contributed by atoms with Gasteiger partial charge >= 0.3 is 5.69 Å². The minimum atomic E-state index is -0.398. The first-order valence-corrected chi connectivity index (χ1v) is 5.57. The van der Waals surface area contributed by atoms with Crippen LogP contribution in [0, 0.1) is 17.0 Å². The lowest BCUT2D eigenvalue weighted by molar-refractivity contribution is -0.384.